The van der Waals surface area contributed by atoms with Crippen LogP contribution in [-0.2, 0) is 4.74 Å². The number of carbonyl (C=O) groups is 1. The normalized spacial score (nSPS) is 21.2. The molecule has 26 heavy (non-hydrogen) atoms. The van der Waals surface area contributed by atoms with Gasteiger partial charge in [-0.3, -0.25) is 9.80 Å². The highest BCUT2D eigenvalue weighted by molar-refractivity contribution is 5.89. The predicted molar refractivity (Wildman–Crippen MR) is 104 cm³/mol. The van der Waals surface area contributed by atoms with Crippen molar-refractivity contribution in [2.75, 3.05) is 18.0 Å². The van der Waals surface area contributed by atoms with Crippen molar-refractivity contribution < 1.29 is 9.53 Å². The third-order valence-electron chi connectivity index (χ3n) is 4.87. The van der Waals surface area contributed by atoms with Crippen molar-refractivity contribution in [3.63, 3.8) is 0 Å². The molecule has 5 heteroatoms. The lowest BCUT2D eigenvalue weighted by Gasteiger charge is -2.31. The highest BCUT2D eigenvalue weighted by atomic mass is 16.6. The lowest BCUT2D eigenvalue weighted by molar-refractivity contribution is 0.0575. The number of likely N-dealkylation sites (tertiary alicyclic amines) is 1. The molecule has 0 spiro atoms. The molecule has 1 unspecified atom stereocenters. The van der Waals surface area contributed by atoms with Gasteiger partial charge >= 0.3 is 6.09 Å². The quantitative estimate of drug-likeness (QED) is 0.759. The first kappa shape index (κ1) is 19.2. The third kappa shape index (κ3) is 4.56. The minimum Gasteiger partial charge on any atom is -0.443 e. The molecule has 1 aromatic heterocycles. The van der Waals surface area contributed by atoms with E-state index >= 15 is 0 Å². The fraction of sp³-hybridized carbons (Fsp3) is 0.714. The lowest BCUT2D eigenvalue weighted by Crippen LogP contribution is -2.40. The largest absolute Gasteiger partial charge is 0.443 e. The summed E-state index contributed by atoms with van der Waals surface area (Å²) in [6.45, 7) is 12.5. The van der Waals surface area contributed by atoms with Gasteiger partial charge in [-0.1, -0.05) is 19.9 Å². The molecule has 1 atom stereocenters. The topological polar surface area (TPSA) is 45.7 Å². The number of hydrogen-bond acceptors (Lipinski definition) is 4. The minimum absolute atomic E-state index is 0.221. The highest BCUT2D eigenvalue weighted by Gasteiger charge is 2.40. The molecule has 1 saturated carbocycles. The first-order valence-corrected chi connectivity index (χ1v) is 9.97. The molecule has 1 saturated heterocycles. The Bertz CT molecular complexity index is 634. The van der Waals surface area contributed by atoms with Crippen molar-refractivity contribution in [3.05, 3.63) is 23.9 Å². The maximum Gasteiger partial charge on any atom is 0.416 e. The van der Waals surface area contributed by atoms with Crippen LogP contribution in [0, 0.1) is 5.92 Å². The molecular formula is C21H33N3O2. The Morgan fingerprint density at radius 3 is 2.69 bits per heavy atom. The molecule has 1 aromatic rings. The number of carbonyl (C=O) groups excluding carboxylic acids is 1. The molecule has 0 bridgehead atoms. The molecule has 2 aliphatic rings. The molecule has 144 valence electrons. The average molecular weight is 360 g/mol. The number of rotatable bonds is 5. The van der Waals surface area contributed by atoms with E-state index in [1.807, 2.05) is 31.7 Å². The van der Waals surface area contributed by atoms with Crippen LogP contribution >= 0.6 is 0 Å². The van der Waals surface area contributed by atoms with Crippen molar-refractivity contribution in [1.29, 1.82) is 0 Å². The SMILES string of the molecule is CC(C)CN1CCCC1c1cccnc1N(C(=O)OC(C)(C)C)C1CC1. The first-order chi connectivity index (χ1) is 12.3. The molecular weight excluding hydrogens is 326 g/mol. The Labute approximate surface area is 157 Å². The molecule has 0 radical (unpaired) electrons. The van der Waals surface area contributed by atoms with Crippen LogP contribution < -0.4 is 4.90 Å². The van der Waals surface area contributed by atoms with Gasteiger partial charge in [0.05, 0.1) is 0 Å². The summed E-state index contributed by atoms with van der Waals surface area (Å²) in [4.78, 5) is 21.9. The van der Waals surface area contributed by atoms with Gasteiger partial charge < -0.3 is 4.74 Å². The second-order valence-corrected chi connectivity index (χ2v) is 9.04. The number of hydrogen-bond donors (Lipinski definition) is 0. The van der Waals surface area contributed by atoms with Crippen molar-refractivity contribution in [2.24, 2.45) is 5.92 Å². The molecule has 2 heterocycles. The summed E-state index contributed by atoms with van der Waals surface area (Å²) in [7, 11) is 0. The third-order valence-corrected chi connectivity index (χ3v) is 4.87. The molecule has 2 fully saturated rings. The Kier molecular flexibility index (Phi) is 5.56. The number of amides is 1. The Balaban J connectivity index is 1.90. The molecule has 1 aliphatic carbocycles. The number of pyridine rings is 1. The fourth-order valence-electron chi connectivity index (χ4n) is 3.79. The summed E-state index contributed by atoms with van der Waals surface area (Å²) in [6.07, 6.45) is 5.89. The maximum absolute atomic E-state index is 12.9. The van der Waals surface area contributed by atoms with Crippen molar-refractivity contribution in [2.45, 2.75) is 78.0 Å². The molecule has 3 rings (SSSR count). The smallest absolute Gasteiger partial charge is 0.416 e. The van der Waals surface area contributed by atoms with Gasteiger partial charge in [0.15, 0.2) is 0 Å². The van der Waals surface area contributed by atoms with E-state index in [0.29, 0.717) is 12.0 Å². The Morgan fingerprint density at radius 2 is 2.08 bits per heavy atom. The van der Waals surface area contributed by atoms with Crippen molar-refractivity contribution >= 4 is 11.9 Å². The molecule has 1 aliphatic heterocycles. The van der Waals surface area contributed by atoms with Crippen LogP contribution in [0.15, 0.2) is 18.3 Å². The van der Waals surface area contributed by atoms with Crippen molar-refractivity contribution in [3.8, 4) is 0 Å². The molecule has 0 N–H and O–H groups in total. The summed E-state index contributed by atoms with van der Waals surface area (Å²) in [5.41, 5.74) is 0.666. The van der Waals surface area contributed by atoms with Crippen molar-refractivity contribution in [1.82, 2.24) is 9.88 Å². The van der Waals surface area contributed by atoms with E-state index in [9.17, 15) is 4.79 Å². The van der Waals surface area contributed by atoms with Crippen LogP contribution in [0.4, 0.5) is 10.6 Å². The number of anilines is 1. The summed E-state index contributed by atoms with van der Waals surface area (Å²) in [5, 5.41) is 0. The molecule has 5 nitrogen and oxygen atoms in total. The first-order valence-electron chi connectivity index (χ1n) is 9.97. The second-order valence-electron chi connectivity index (χ2n) is 9.04. The van der Waals surface area contributed by atoms with E-state index in [2.05, 4.69) is 29.8 Å². The zero-order chi connectivity index (χ0) is 18.9. The molecule has 1 amide bonds. The number of aromatic nitrogens is 1. The average Bonchev–Trinajstić information content (AvgIpc) is 3.25. The summed E-state index contributed by atoms with van der Waals surface area (Å²) in [5.74, 6) is 1.42. The number of ether oxygens (including phenoxy) is 1. The lowest BCUT2D eigenvalue weighted by atomic mass is 10.0. The van der Waals surface area contributed by atoms with Gasteiger partial charge in [-0.25, -0.2) is 9.78 Å². The summed E-state index contributed by atoms with van der Waals surface area (Å²) >= 11 is 0. The zero-order valence-electron chi connectivity index (χ0n) is 16.9. The van der Waals surface area contributed by atoms with Gasteiger partial charge in [0.2, 0.25) is 0 Å². The van der Waals surface area contributed by atoms with E-state index < -0.39 is 5.60 Å². The van der Waals surface area contributed by atoms with Crippen LogP contribution in [-0.4, -0.2) is 40.7 Å². The van der Waals surface area contributed by atoms with Gasteiger partial charge in [-0.15, -0.1) is 0 Å². The van der Waals surface area contributed by atoms with E-state index in [-0.39, 0.29) is 12.1 Å². The Hall–Kier alpha value is -1.62. The predicted octanol–water partition coefficient (Wildman–Crippen LogP) is 4.78. The molecule has 0 aromatic carbocycles. The maximum atomic E-state index is 12.9. The fourth-order valence-corrected chi connectivity index (χ4v) is 3.79. The van der Waals surface area contributed by atoms with Crippen LogP contribution in [0.3, 0.4) is 0 Å². The van der Waals surface area contributed by atoms with Gasteiger partial charge in [0.1, 0.15) is 11.4 Å². The van der Waals surface area contributed by atoms with Gasteiger partial charge in [0, 0.05) is 30.4 Å². The summed E-state index contributed by atoms with van der Waals surface area (Å²) in [6, 6.07) is 4.69. The van der Waals surface area contributed by atoms with Crippen LogP contribution in [0.1, 0.15) is 71.9 Å². The standard InChI is InChI=1S/C21H33N3O2/c1-15(2)14-23-13-7-9-18(23)17-8-6-12-22-19(17)24(16-10-11-16)20(25)26-21(3,4)5/h6,8,12,15-16,18H,7,9-11,13-14H2,1-5H3. The van der Waals surface area contributed by atoms with Crippen LogP contribution in [0.2, 0.25) is 0 Å². The minimum atomic E-state index is -0.504. The van der Waals surface area contributed by atoms with Crippen LogP contribution in [0.5, 0.6) is 0 Å². The van der Waals surface area contributed by atoms with Gasteiger partial charge in [-0.2, -0.15) is 0 Å². The zero-order valence-corrected chi connectivity index (χ0v) is 16.9. The van der Waals surface area contributed by atoms with Crippen LogP contribution in [0.25, 0.3) is 0 Å². The van der Waals surface area contributed by atoms with E-state index in [1.54, 1.807) is 6.20 Å². The van der Waals surface area contributed by atoms with Gasteiger partial charge in [0.25, 0.3) is 0 Å². The van der Waals surface area contributed by atoms with E-state index in [0.717, 1.165) is 38.2 Å². The van der Waals surface area contributed by atoms with E-state index in [1.165, 1.54) is 12.0 Å². The monoisotopic (exact) mass is 359 g/mol. The Morgan fingerprint density at radius 1 is 1.35 bits per heavy atom. The second kappa shape index (κ2) is 7.55. The van der Waals surface area contributed by atoms with E-state index in [4.69, 9.17) is 4.74 Å². The van der Waals surface area contributed by atoms with Gasteiger partial charge in [-0.05, 0) is 65.0 Å². The number of nitrogens with zero attached hydrogens (tertiary/aromatic N) is 3. The highest BCUT2D eigenvalue weighted by Crippen LogP contribution is 2.40. The summed E-state index contributed by atoms with van der Waals surface area (Å²) < 4.78 is 5.70.